The lowest BCUT2D eigenvalue weighted by Crippen LogP contribution is -2.58. The number of carbonyl (C=O) groups excluding carboxylic acids is 1. The highest BCUT2D eigenvalue weighted by molar-refractivity contribution is 5.90. The number of carbonyl (C=O) groups is 2. The van der Waals surface area contributed by atoms with Crippen LogP contribution in [0.25, 0.3) is 0 Å². The van der Waals surface area contributed by atoms with Gasteiger partial charge >= 0.3 is 18.1 Å². The zero-order valence-electron chi connectivity index (χ0n) is 10.9. The van der Waals surface area contributed by atoms with Gasteiger partial charge in [-0.1, -0.05) is 44.2 Å². The first-order valence-electron chi connectivity index (χ1n) is 5.80. The smallest absolute Gasteiger partial charge is 0.471 e. The van der Waals surface area contributed by atoms with E-state index in [0.29, 0.717) is 0 Å². The molecule has 2 N–H and O–H groups in total. The molecule has 0 fully saturated rings. The number of nitrogens with one attached hydrogen (secondary N) is 1. The van der Waals surface area contributed by atoms with Gasteiger partial charge in [-0.15, -0.1) is 0 Å². The van der Waals surface area contributed by atoms with E-state index in [2.05, 4.69) is 0 Å². The highest BCUT2D eigenvalue weighted by Crippen LogP contribution is 2.31. The number of amides is 1. The van der Waals surface area contributed by atoms with Crippen molar-refractivity contribution in [3.8, 4) is 0 Å². The predicted octanol–water partition coefficient (Wildman–Crippen LogP) is 2.30. The summed E-state index contributed by atoms with van der Waals surface area (Å²) in [4.78, 5) is 22.7. The number of carboxylic acids is 1. The number of carboxylic acid groups (broad SMARTS) is 1. The number of benzene rings is 1. The lowest BCUT2D eigenvalue weighted by atomic mass is 9.79. The fourth-order valence-electron chi connectivity index (χ4n) is 1.92. The first-order valence-corrected chi connectivity index (χ1v) is 5.80. The molecule has 4 nitrogen and oxygen atoms in total. The maximum absolute atomic E-state index is 12.4. The van der Waals surface area contributed by atoms with Gasteiger partial charge in [-0.2, -0.15) is 13.2 Å². The summed E-state index contributed by atoms with van der Waals surface area (Å²) in [6.07, 6.45) is -5.15. The number of alkyl halides is 3. The van der Waals surface area contributed by atoms with Gasteiger partial charge in [0.2, 0.25) is 0 Å². The minimum Gasteiger partial charge on any atom is -0.479 e. The Balaban J connectivity index is 3.35. The molecule has 1 atom stereocenters. The average Bonchev–Trinajstić information content (AvgIpc) is 2.34. The van der Waals surface area contributed by atoms with Crippen LogP contribution in [0, 0.1) is 5.92 Å². The molecule has 1 unspecified atom stereocenters. The Kier molecular flexibility index (Phi) is 4.42. The normalized spacial score (nSPS) is 14.7. The van der Waals surface area contributed by atoms with E-state index in [1.54, 1.807) is 11.4 Å². The Labute approximate surface area is 113 Å². The van der Waals surface area contributed by atoms with Crippen LogP contribution in [0.1, 0.15) is 19.4 Å². The van der Waals surface area contributed by atoms with Gasteiger partial charge in [0, 0.05) is 0 Å². The quantitative estimate of drug-likeness (QED) is 0.893. The summed E-state index contributed by atoms with van der Waals surface area (Å²) >= 11 is 0. The van der Waals surface area contributed by atoms with E-state index in [4.69, 9.17) is 0 Å². The molecule has 0 aliphatic carbocycles. The third-order valence-electron chi connectivity index (χ3n) is 3.00. The maximum Gasteiger partial charge on any atom is 0.471 e. The molecule has 0 heterocycles. The van der Waals surface area contributed by atoms with Crippen LogP contribution in [-0.2, 0) is 15.1 Å². The van der Waals surface area contributed by atoms with Gasteiger partial charge in [0.1, 0.15) is 0 Å². The van der Waals surface area contributed by atoms with Gasteiger partial charge in [0.05, 0.1) is 0 Å². The fourth-order valence-corrected chi connectivity index (χ4v) is 1.92. The molecule has 20 heavy (non-hydrogen) atoms. The zero-order valence-corrected chi connectivity index (χ0v) is 10.9. The molecular formula is C13H14F3NO3. The van der Waals surface area contributed by atoms with Crippen molar-refractivity contribution in [2.45, 2.75) is 25.6 Å². The molecule has 7 heteroatoms. The summed E-state index contributed by atoms with van der Waals surface area (Å²) in [6, 6.07) is 7.32. The van der Waals surface area contributed by atoms with Crippen molar-refractivity contribution in [3.05, 3.63) is 35.9 Å². The van der Waals surface area contributed by atoms with Crippen LogP contribution in [-0.4, -0.2) is 23.2 Å². The van der Waals surface area contributed by atoms with Crippen molar-refractivity contribution in [3.63, 3.8) is 0 Å². The first-order chi connectivity index (χ1) is 9.12. The van der Waals surface area contributed by atoms with E-state index in [9.17, 15) is 27.9 Å². The third kappa shape index (κ3) is 2.92. The molecule has 0 bridgehead atoms. The van der Waals surface area contributed by atoms with Crippen molar-refractivity contribution in [2.75, 3.05) is 0 Å². The van der Waals surface area contributed by atoms with Crippen LogP contribution >= 0.6 is 0 Å². The molecule has 0 aliphatic rings. The number of rotatable bonds is 4. The lowest BCUT2D eigenvalue weighted by Gasteiger charge is -2.35. The molecule has 0 radical (unpaired) electrons. The largest absolute Gasteiger partial charge is 0.479 e. The third-order valence-corrected chi connectivity index (χ3v) is 3.00. The molecule has 0 aromatic heterocycles. The van der Waals surface area contributed by atoms with Crippen molar-refractivity contribution in [1.82, 2.24) is 5.32 Å². The number of hydrogen-bond acceptors (Lipinski definition) is 2. The Bertz CT molecular complexity index is 499. The second-order valence-corrected chi connectivity index (χ2v) is 4.59. The van der Waals surface area contributed by atoms with E-state index in [0.717, 1.165) is 0 Å². The molecular weight excluding hydrogens is 275 g/mol. The molecule has 1 aromatic carbocycles. The molecule has 1 aromatic rings. The van der Waals surface area contributed by atoms with Crippen LogP contribution in [0.15, 0.2) is 30.3 Å². The van der Waals surface area contributed by atoms with Crippen LogP contribution in [0.2, 0.25) is 0 Å². The van der Waals surface area contributed by atoms with E-state index < -0.39 is 29.5 Å². The standard InChI is InChI=1S/C13H14F3NO3/c1-8(2)12(11(19)20,9-6-4-3-5-7-9)17-10(18)13(14,15)16/h3-8H,1-2H3,(H,17,18)(H,19,20). The highest BCUT2D eigenvalue weighted by Gasteiger charge is 2.50. The summed E-state index contributed by atoms with van der Waals surface area (Å²) in [5.74, 6) is -4.61. The molecule has 1 amide bonds. The Morgan fingerprint density at radius 3 is 2.00 bits per heavy atom. The minimum absolute atomic E-state index is 0.0834. The summed E-state index contributed by atoms with van der Waals surface area (Å²) in [6.45, 7) is 2.86. The van der Waals surface area contributed by atoms with Crippen molar-refractivity contribution < 1.29 is 27.9 Å². The topological polar surface area (TPSA) is 66.4 Å². The van der Waals surface area contributed by atoms with Crippen molar-refractivity contribution >= 4 is 11.9 Å². The van der Waals surface area contributed by atoms with Gasteiger partial charge in [0.25, 0.3) is 0 Å². The number of halogens is 3. The fraction of sp³-hybridized carbons (Fsp3) is 0.385. The predicted molar refractivity (Wildman–Crippen MR) is 64.8 cm³/mol. The van der Waals surface area contributed by atoms with E-state index >= 15 is 0 Å². The Morgan fingerprint density at radius 1 is 1.15 bits per heavy atom. The second-order valence-electron chi connectivity index (χ2n) is 4.59. The molecule has 0 saturated heterocycles. The molecule has 110 valence electrons. The summed E-state index contributed by atoms with van der Waals surface area (Å²) < 4.78 is 37.3. The van der Waals surface area contributed by atoms with Gasteiger partial charge in [-0.25, -0.2) is 4.79 Å². The van der Waals surface area contributed by atoms with Gasteiger partial charge < -0.3 is 10.4 Å². The Morgan fingerprint density at radius 2 is 1.65 bits per heavy atom. The molecule has 1 rings (SSSR count). The highest BCUT2D eigenvalue weighted by atomic mass is 19.4. The first kappa shape index (κ1) is 16.0. The van der Waals surface area contributed by atoms with Crippen LogP contribution in [0.5, 0.6) is 0 Å². The van der Waals surface area contributed by atoms with Gasteiger partial charge in [0.15, 0.2) is 5.54 Å². The zero-order chi connectivity index (χ0) is 15.6. The Hall–Kier alpha value is -2.05. The van der Waals surface area contributed by atoms with Crippen molar-refractivity contribution in [1.29, 1.82) is 0 Å². The minimum atomic E-state index is -5.15. The van der Waals surface area contributed by atoms with Crippen LogP contribution < -0.4 is 5.32 Å². The van der Waals surface area contributed by atoms with Crippen molar-refractivity contribution in [2.24, 2.45) is 5.92 Å². The van der Waals surface area contributed by atoms with Crippen LogP contribution in [0.3, 0.4) is 0 Å². The van der Waals surface area contributed by atoms with Gasteiger partial charge in [-0.3, -0.25) is 4.79 Å². The molecule has 0 spiro atoms. The number of hydrogen-bond donors (Lipinski definition) is 2. The molecule has 0 saturated carbocycles. The van der Waals surface area contributed by atoms with E-state index in [-0.39, 0.29) is 5.56 Å². The van der Waals surface area contributed by atoms with Crippen LogP contribution in [0.4, 0.5) is 13.2 Å². The SMILES string of the molecule is CC(C)C(NC(=O)C(F)(F)F)(C(=O)O)c1ccccc1. The van der Waals surface area contributed by atoms with E-state index in [1.807, 2.05) is 0 Å². The van der Waals surface area contributed by atoms with Gasteiger partial charge in [-0.05, 0) is 11.5 Å². The maximum atomic E-state index is 12.4. The number of aliphatic carboxylic acids is 1. The summed E-state index contributed by atoms with van der Waals surface area (Å²) in [5, 5.41) is 11.0. The lowest BCUT2D eigenvalue weighted by molar-refractivity contribution is -0.179. The average molecular weight is 289 g/mol. The van der Waals surface area contributed by atoms with E-state index in [1.165, 1.54) is 38.1 Å². The summed E-state index contributed by atoms with van der Waals surface area (Å²) in [7, 11) is 0. The summed E-state index contributed by atoms with van der Waals surface area (Å²) in [5.41, 5.74) is -2.05. The molecule has 0 aliphatic heterocycles. The monoisotopic (exact) mass is 289 g/mol. The second kappa shape index (κ2) is 5.52.